The lowest BCUT2D eigenvalue weighted by Gasteiger charge is -2.16. The number of halogens is 1. The Morgan fingerprint density at radius 1 is 1.53 bits per heavy atom. The van der Waals surface area contributed by atoms with Crippen molar-refractivity contribution in [3.05, 3.63) is 27.3 Å². The summed E-state index contributed by atoms with van der Waals surface area (Å²) in [5, 5.41) is 0. The molecule has 0 amide bonds. The number of fused-ring (bicyclic) bond motifs is 1. The molecule has 0 aliphatic carbocycles. The van der Waals surface area contributed by atoms with Gasteiger partial charge in [-0.3, -0.25) is 14.6 Å². The van der Waals surface area contributed by atoms with E-state index < -0.39 is 11.9 Å². The molecule has 1 atom stereocenters. The summed E-state index contributed by atoms with van der Waals surface area (Å²) in [6.45, 7) is 1.97. The van der Waals surface area contributed by atoms with Crippen LogP contribution >= 0.6 is 22.6 Å². The van der Waals surface area contributed by atoms with Gasteiger partial charge in [0.2, 0.25) is 0 Å². The number of nitrogens with zero attached hydrogens (tertiary/aromatic N) is 1. The van der Waals surface area contributed by atoms with E-state index >= 15 is 0 Å². The molecule has 0 fully saturated rings. The lowest BCUT2D eigenvalue weighted by atomic mass is 9.95. The largest absolute Gasteiger partial charge is 0.465 e. The predicted octanol–water partition coefficient (Wildman–Crippen LogP) is 2.37. The summed E-state index contributed by atoms with van der Waals surface area (Å²) in [4.78, 5) is 27.8. The number of carbonyl (C=O) groups excluding carboxylic acids is 2. The molecule has 1 aliphatic rings. The Labute approximate surface area is 112 Å². The Hall–Kier alpha value is -1.24. The van der Waals surface area contributed by atoms with Crippen LogP contribution in [0.5, 0.6) is 0 Å². The second-order valence-electron chi connectivity index (χ2n) is 3.53. The van der Waals surface area contributed by atoms with Crippen LogP contribution in [-0.4, -0.2) is 24.6 Å². The van der Waals surface area contributed by atoms with Gasteiger partial charge in [0.1, 0.15) is 0 Å². The average molecular weight is 343 g/mol. The molecule has 0 spiro atoms. The maximum atomic E-state index is 12.1. The summed E-state index contributed by atoms with van der Waals surface area (Å²) in [7, 11) is 0. The van der Waals surface area contributed by atoms with Crippen LogP contribution < -0.4 is 0 Å². The maximum absolute atomic E-state index is 12.1. The Bertz CT molecular complexity index is 510. The first kappa shape index (κ1) is 12.2. The number of rotatable bonds is 2. The predicted molar refractivity (Wildman–Crippen MR) is 71.8 cm³/mol. The third kappa shape index (κ3) is 2.38. The highest BCUT2D eigenvalue weighted by Gasteiger charge is 2.31. The maximum Gasteiger partial charge on any atom is 0.322 e. The van der Waals surface area contributed by atoms with E-state index in [4.69, 9.17) is 4.74 Å². The van der Waals surface area contributed by atoms with E-state index in [0.717, 1.165) is 3.57 Å². The van der Waals surface area contributed by atoms with Crippen LogP contribution in [0.2, 0.25) is 0 Å². The molecule has 1 aliphatic heterocycles. The monoisotopic (exact) mass is 343 g/mol. The Morgan fingerprint density at radius 2 is 2.29 bits per heavy atom. The van der Waals surface area contributed by atoms with E-state index in [0.29, 0.717) is 11.3 Å². The first-order chi connectivity index (χ1) is 8.13. The van der Waals surface area contributed by atoms with E-state index in [1.165, 1.54) is 6.21 Å². The van der Waals surface area contributed by atoms with Gasteiger partial charge >= 0.3 is 5.97 Å². The highest BCUT2D eigenvalue weighted by atomic mass is 127. The van der Waals surface area contributed by atoms with Crippen molar-refractivity contribution in [3.63, 3.8) is 0 Å². The smallest absolute Gasteiger partial charge is 0.322 e. The van der Waals surface area contributed by atoms with Gasteiger partial charge in [-0.1, -0.05) is 0 Å². The van der Waals surface area contributed by atoms with Crippen molar-refractivity contribution in [3.8, 4) is 0 Å². The van der Waals surface area contributed by atoms with Crippen molar-refractivity contribution in [2.24, 2.45) is 10.9 Å². The molecule has 1 aromatic carbocycles. The second-order valence-corrected chi connectivity index (χ2v) is 4.78. The normalized spacial score (nSPS) is 17.8. The molecule has 0 saturated carbocycles. The van der Waals surface area contributed by atoms with Crippen LogP contribution in [0.4, 0.5) is 5.69 Å². The fourth-order valence-electron chi connectivity index (χ4n) is 1.61. The minimum atomic E-state index is -0.902. The van der Waals surface area contributed by atoms with E-state index in [-0.39, 0.29) is 12.4 Å². The first-order valence-electron chi connectivity index (χ1n) is 5.18. The molecule has 0 N–H and O–H groups in total. The van der Waals surface area contributed by atoms with Gasteiger partial charge in [-0.15, -0.1) is 0 Å². The third-order valence-corrected chi connectivity index (χ3v) is 3.08. The van der Waals surface area contributed by atoms with Crippen LogP contribution in [0.15, 0.2) is 23.2 Å². The molecule has 5 heteroatoms. The van der Waals surface area contributed by atoms with Crippen molar-refractivity contribution in [2.75, 3.05) is 6.61 Å². The van der Waals surface area contributed by atoms with Crippen molar-refractivity contribution in [1.82, 2.24) is 0 Å². The molecule has 2 rings (SSSR count). The number of hydrogen-bond donors (Lipinski definition) is 0. The molecular formula is C12H10INO3. The molecule has 0 aromatic heterocycles. The minimum Gasteiger partial charge on any atom is -0.465 e. The summed E-state index contributed by atoms with van der Waals surface area (Å²) >= 11 is 2.12. The number of carbonyl (C=O) groups is 2. The lowest BCUT2D eigenvalue weighted by molar-refractivity contribution is -0.143. The topological polar surface area (TPSA) is 55.7 Å². The van der Waals surface area contributed by atoms with Gasteiger partial charge in [0, 0.05) is 15.3 Å². The van der Waals surface area contributed by atoms with Gasteiger partial charge in [-0.2, -0.15) is 0 Å². The number of aliphatic imine (C=N–C) groups is 1. The molecule has 88 valence electrons. The highest BCUT2D eigenvalue weighted by Crippen LogP contribution is 2.28. The van der Waals surface area contributed by atoms with Crippen molar-refractivity contribution >= 4 is 46.2 Å². The fraction of sp³-hybridized carbons (Fsp3) is 0.250. The second kappa shape index (κ2) is 4.95. The zero-order valence-corrected chi connectivity index (χ0v) is 11.3. The number of hydrogen-bond acceptors (Lipinski definition) is 4. The molecule has 17 heavy (non-hydrogen) atoms. The molecule has 0 saturated heterocycles. The molecule has 0 radical (unpaired) electrons. The van der Waals surface area contributed by atoms with E-state index in [1.807, 2.05) is 6.07 Å². The average Bonchev–Trinajstić information content (AvgIpc) is 2.30. The molecule has 1 unspecified atom stereocenters. The van der Waals surface area contributed by atoms with Crippen LogP contribution in [0.25, 0.3) is 0 Å². The van der Waals surface area contributed by atoms with E-state index in [1.54, 1.807) is 19.1 Å². The summed E-state index contributed by atoms with van der Waals surface area (Å²) in [5.74, 6) is -1.68. The van der Waals surface area contributed by atoms with Crippen LogP contribution in [-0.2, 0) is 9.53 Å². The number of esters is 1. The first-order valence-corrected chi connectivity index (χ1v) is 6.26. The number of ketones is 1. The van der Waals surface area contributed by atoms with Crippen LogP contribution in [0, 0.1) is 9.49 Å². The fourth-order valence-corrected chi connectivity index (χ4v) is 2.10. The van der Waals surface area contributed by atoms with Crippen LogP contribution in [0.3, 0.4) is 0 Å². The summed E-state index contributed by atoms with van der Waals surface area (Å²) < 4.78 is 5.78. The quantitative estimate of drug-likeness (QED) is 0.471. The Balaban J connectivity index is 2.35. The molecular weight excluding hydrogens is 333 g/mol. The molecule has 1 aromatic rings. The van der Waals surface area contributed by atoms with E-state index in [9.17, 15) is 9.59 Å². The number of Topliss-reactive ketones (excluding diaryl/α,β-unsaturated/α-hetero) is 1. The van der Waals surface area contributed by atoms with Gasteiger partial charge in [-0.05, 0) is 47.7 Å². The zero-order valence-electron chi connectivity index (χ0n) is 9.14. The SMILES string of the molecule is CCOC(=O)C1C=Nc2ccc(I)cc2C1=O. The number of benzene rings is 1. The van der Waals surface area contributed by atoms with Gasteiger partial charge in [0.25, 0.3) is 0 Å². The van der Waals surface area contributed by atoms with Crippen molar-refractivity contribution in [2.45, 2.75) is 6.92 Å². The van der Waals surface area contributed by atoms with Gasteiger partial charge in [-0.25, -0.2) is 0 Å². The summed E-state index contributed by atoms with van der Waals surface area (Å²) in [6, 6.07) is 5.38. The number of ether oxygens (including phenoxy) is 1. The third-order valence-electron chi connectivity index (χ3n) is 2.41. The van der Waals surface area contributed by atoms with Gasteiger partial charge < -0.3 is 4.74 Å². The van der Waals surface area contributed by atoms with Crippen molar-refractivity contribution < 1.29 is 14.3 Å². The van der Waals surface area contributed by atoms with Gasteiger partial charge in [0.15, 0.2) is 11.7 Å². The van der Waals surface area contributed by atoms with Gasteiger partial charge in [0.05, 0.1) is 12.3 Å². The van der Waals surface area contributed by atoms with Crippen molar-refractivity contribution in [1.29, 1.82) is 0 Å². The minimum absolute atomic E-state index is 0.244. The summed E-state index contributed by atoms with van der Waals surface area (Å²) in [6.07, 6.45) is 1.36. The molecule has 4 nitrogen and oxygen atoms in total. The zero-order chi connectivity index (χ0) is 12.4. The summed E-state index contributed by atoms with van der Waals surface area (Å²) in [5.41, 5.74) is 1.09. The highest BCUT2D eigenvalue weighted by molar-refractivity contribution is 14.1. The molecule has 0 bridgehead atoms. The Kier molecular flexibility index (Phi) is 3.56. The lowest BCUT2D eigenvalue weighted by Crippen LogP contribution is -2.29. The standard InChI is InChI=1S/C12H10INO3/c1-2-17-12(16)9-6-14-10-4-3-7(13)5-8(10)11(9)15/h3-6,9H,2H2,1H3. The molecule has 1 heterocycles. The van der Waals surface area contributed by atoms with E-state index in [2.05, 4.69) is 27.6 Å². The Morgan fingerprint density at radius 3 is 3.00 bits per heavy atom. The van der Waals surface area contributed by atoms with Crippen LogP contribution in [0.1, 0.15) is 17.3 Å².